The highest BCUT2D eigenvalue weighted by atomic mass is 16.7. The van der Waals surface area contributed by atoms with Gasteiger partial charge in [0.15, 0.2) is 0 Å². The number of ether oxygens (including phenoxy) is 2. The summed E-state index contributed by atoms with van der Waals surface area (Å²) >= 11 is 0. The summed E-state index contributed by atoms with van der Waals surface area (Å²) in [5.41, 5.74) is -1.70. The Bertz CT molecular complexity index is 1000. The van der Waals surface area contributed by atoms with Gasteiger partial charge in [0.1, 0.15) is 0 Å². The van der Waals surface area contributed by atoms with Crippen molar-refractivity contribution >= 4 is 28.9 Å². The van der Waals surface area contributed by atoms with Gasteiger partial charge in [0.05, 0.1) is 45.0 Å². The summed E-state index contributed by atoms with van der Waals surface area (Å²) in [6.07, 6.45) is -1.37. The van der Waals surface area contributed by atoms with Gasteiger partial charge in [0.25, 0.3) is 22.7 Å². The van der Waals surface area contributed by atoms with Crippen LogP contribution in [0, 0.1) is 40.5 Å². The van der Waals surface area contributed by atoms with Crippen molar-refractivity contribution in [2.75, 3.05) is 13.2 Å². The molecule has 0 saturated heterocycles. The van der Waals surface area contributed by atoms with Crippen molar-refractivity contribution in [3.63, 3.8) is 0 Å². The number of nitro groups is 4. The molecule has 0 N–H and O–H groups in total. The zero-order chi connectivity index (χ0) is 23.8. The lowest BCUT2D eigenvalue weighted by Gasteiger charge is -2.07. The smallest absolute Gasteiger partial charge is 0.434 e. The number of nitro benzene ring substituents is 4. The first-order chi connectivity index (χ1) is 15.1. The monoisotopic (exact) mass is 450 g/mol. The van der Waals surface area contributed by atoms with Crippen molar-refractivity contribution < 1.29 is 34.0 Å². The second-order valence-corrected chi connectivity index (χ2v) is 6.10. The second-order valence-electron chi connectivity index (χ2n) is 6.10. The zero-order valence-electron chi connectivity index (χ0n) is 16.1. The summed E-state index contributed by atoms with van der Waals surface area (Å²) in [7, 11) is 0. The number of rotatable bonds is 10. The molecular weight excluding hydrogens is 436 g/mol. The van der Waals surface area contributed by atoms with Crippen LogP contribution in [0.2, 0.25) is 0 Å². The van der Waals surface area contributed by atoms with Crippen molar-refractivity contribution in [2.24, 2.45) is 0 Å². The van der Waals surface area contributed by atoms with Crippen molar-refractivity contribution in [2.45, 2.75) is 12.8 Å². The van der Waals surface area contributed by atoms with Crippen LogP contribution in [0.25, 0.3) is 0 Å². The average molecular weight is 450 g/mol. The maximum atomic E-state index is 11.7. The molecule has 0 atom stereocenters. The highest BCUT2D eigenvalue weighted by Gasteiger charge is 2.21. The maximum absolute atomic E-state index is 11.7. The van der Waals surface area contributed by atoms with E-state index in [1.807, 2.05) is 0 Å². The van der Waals surface area contributed by atoms with E-state index in [9.17, 15) is 45.3 Å². The van der Waals surface area contributed by atoms with Crippen molar-refractivity contribution in [1.29, 1.82) is 0 Å². The molecule has 32 heavy (non-hydrogen) atoms. The van der Waals surface area contributed by atoms with Gasteiger partial charge in [-0.3, -0.25) is 40.5 Å². The maximum Gasteiger partial charge on any atom is 0.508 e. The van der Waals surface area contributed by atoms with Crippen LogP contribution in [0.5, 0.6) is 0 Å². The van der Waals surface area contributed by atoms with Crippen molar-refractivity contribution in [1.82, 2.24) is 0 Å². The average Bonchev–Trinajstić information content (AvgIpc) is 2.73. The van der Waals surface area contributed by atoms with Crippen LogP contribution >= 0.6 is 0 Å². The molecule has 0 radical (unpaired) electrons. The third-order valence-corrected chi connectivity index (χ3v) is 4.14. The molecule has 0 aliphatic carbocycles. The number of carbonyl (C=O) groups is 1. The van der Waals surface area contributed by atoms with Crippen LogP contribution in [0.3, 0.4) is 0 Å². The molecule has 0 amide bonds. The third kappa shape index (κ3) is 6.15. The van der Waals surface area contributed by atoms with E-state index in [0.29, 0.717) is 0 Å². The third-order valence-electron chi connectivity index (χ3n) is 4.14. The Morgan fingerprint density at radius 1 is 0.656 bits per heavy atom. The van der Waals surface area contributed by atoms with Gasteiger partial charge in [-0.05, 0) is 12.1 Å². The fourth-order valence-corrected chi connectivity index (χ4v) is 2.62. The number of non-ortho nitro benzene ring substituents is 2. The van der Waals surface area contributed by atoms with Crippen LogP contribution in [0.1, 0.15) is 11.1 Å². The van der Waals surface area contributed by atoms with Crippen LogP contribution < -0.4 is 0 Å². The Morgan fingerprint density at radius 2 is 1.03 bits per heavy atom. The minimum absolute atomic E-state index is 0.106. The number of hydrogen-bond acceptors (Lipinski definition) is 11. The second kappa shape index (κ2) is 10.4. The predicted molar refractivity (Wildman–Crippen MR) is 104 cm³/mol. The van der Waals surface area contributed by atoms with E-state index in [-0.39, 0.29) is 37.2 Å². The molecule has 0 saturated carbocycles. The summed E-state index contributed by atoms with van der Waals surface area (Å²) in [4.78, 5) is 52.1. The summed E-state index contributed by atoms with van der Waals surface area (Å²) in [6.45, 7) is -0.648. The molecule has 2 rings (SSSR count). The van der Waals surface area contributed by atoms with Gasteiger partial charge in [0.2, 0.25) is 0 Å². The summed E-state index contributed by atoms with van der Waals surface area (Å²) in [5, 5.41) is 43.6. The summed E-state index contributed by atoms with van der Waals surface area (Å²) in [6, 6.07) is 6.11. The lowest BCUT2D eigenvalue weighted by atomic mass is 10.1. The van der Waals surface area contributed by atoms with E-state index in [2.05, 4.69) is 0 Å². The number of carbonyl (C=O) groups excluding carboxylic acids is 1. The van der Waals surface area contributed by atoms with E-state index < -0.39 is 48.6 Å². The van der Waals surface area contributed by atoms with Gasteiger partial charge in [0, 0.05) is 36.1 Å². The largest absolute Gasteiger partial charge is 0.508 e. The van der Waals surface area contributed by atoms with Gasteiger partial charge < -0.3 is 9.47 Å². The van der Waals surface area contributed by atoms with Crippen molar-refractivity contribution in [3.05, 3.63) is 88.0 Å². The molecule has 0 spiro atoms. The molecule has 15 nitrogen and oxygen atoms in total. The first-order valence-electron chi connectivity index (χ1n) is 8.73. The van der Waals surface area contributed by atoms with E-state index in [4.69, 9.17) is 9.47 Å². The van der Waals surface area contributed by atoms with Gasteiger partial charge in [-0.2, -0.15) is 0 Å². The zero-order valence-corrected chi connectivity index (χ0v) is 16.1. The van der Waals surface area contributed by atoms with Gasteiger partial charge in [-0.1, -0.05) is 0 Å². The van der Waals surface area contributed by atoms with E-state index in [1.165, 1.54) is 12.1 Å². The van der Waals surface area contributed by atoms with Gasteiger partial charge in [-0.25, -0.2) is 4.79 Å². The van der Waals surface area contributed by atoms with Crippen molar-refractivity contribution in [3.8, 4) is 0 Å². The predicted octanol–water partition coefficient (Wildman–Crippen LogP) is 3.26. The number of benzene rings is 2. The fraction of sp³-hybridized carbons (Fsp3) is 0.235. The summed E-state index contributed by atoms with van der Waals surface area (Å²) in [5.74, 6) is 0. The van der Waals surface area contributed by atoms with Gasteiger partial charge >= 0.3 is 6.16 Å². The first kappa shape index (κ1) is 23.6. The highest BCUT2D eigenvalue weighted by molar-refractivity contribution is 5.60. The molecular formula is C17H14N4O11. The Labute approximate surface area is 177 Å². The SMILES string of the molecule is O=C(OCCc1ccc([N+](=O)[O-])cc1[N+](=O)[O-])OCCc1ccc([N+](=O)[O-])cc1[N+](=O)[O-]. The molecule has 0 aliphatic rings. The van der Waals surface area contributed by atoms with Crippen LogP contribution in [-0.4, -0.2) is 39.1 Å². The minimum atomic E-state index is -1.14. The van der Waals surface area contributed by atoms with Crippen LogP contribution in [0.15, 0.2) is 36.4 Å². The Kier molecular flexibility index (Phi) is 7.65. The molecule has 0 bridgehead atoms. The normalized spacial score (nSPS) is 10.2. The molecule has 15 heteroatoms. The first-order valence-corrected chi connectivity index (χ1v) is 8.73. The molecule has 0 aromatic heterocycles. The Balaban J connectivity index is 1.89. The van der Waals surface area contributed by atoms with E-state index in [0.717, 1.165) is 24.3 Å². The van der Waals surface area contributed by atoms with E-state index >= 15 is 0 Å². The molecule has 2 aromatic rings. The van der Waals surface area contributed by atoms with Gasteiger partial charge in [-0.15, -0.1) is 0 Å². The summed E-state index contributed by atoms with van der Waals surface area (Å²) < 4.78 is 9.57. The number of nitrogens with zero attached hydrogens (tertiary/aromatic N) is 4. The van der Waals surface area contributed by atoms with E-state index in [1.54, 1.807) is 0 Å². The Hall–Kier alpha value is -4.69. The molecule has 0 unspecified atom stereocenters. The fourth-order valence-electron chi connectivity index (χ4n) is 2.62. The lowest BCUT2D eigenvalue weighted by Crippen LogP contribution is -2.13. The quantitative estimate of drug-likeness (QED) is 0.291. The molecule has 0 fully saturated rings. The number of hydrogen-bond donors (Lipinski definition) is 0. The molecule has 2 aromatic carbocycles. The van der Waals surface area contributed by atoms with Crippen LogP contribution in [-0.2, 0) is 22.3 Å². The van der Waals surface area contributed by atoms with Crippen LogP contribution in [0.4, 0.5) is 27.5 Å². The standard InChI is InChI=1S/C17H14N4O11/c22-17(31-7-5-11-1-3-13(18(23)24)9-15(11)20(27)28)32-8-6-12-2-4-14(19(25)26)10-16(12)21(29)30/h1-4,9-10H,5-8H2. The topological polar surface area (TPSA) is 208 Å². The Morgan fingerprint density at radius 3 is 1.34 bits per heavy atom. The molecule has 168 valence electrons. The minimum Gasteiger partial charge on any atom is -0.434 e. The molecule has 0 aliphatic heterocycles. The lowest BCUT2D eigenvalue weighted by molar-refractivity contribution is -0.394. The highest BCUT2D eigenvalue weighted by Crippen LogP contribution is 2.26. The molecule has 0 heterocycles.